The van der Waals surface area contributed by atoms with Gasteiger partial charge in [0.05, 0.1) is 6.04 Å². The smallest absolute Gasteiger partial charge is 0.257 e. The van der Waals surface area contributed by atoms with Gasteiger partial charge in [-0.25, -0.2) is 0 Å². The number of rotatable bonds is 5. The van der Waals surface area contributed by atoms with Crippen molar-refractivity contribution in [2.24, 2.45) is 5.73 Å². The molecule has 9 heteroatoms. The van der Waals surface area contributed by atoms with E-state index in [4.69, 9.17) is 15.0 Å². The van der Waals surface area contributed by atoms with E-state index in [0.29, 0.717) is 28.8 Å². The minimum Gasteiger partial charge on any atom is -0.457 e. The minimum atomic E-state index is -0.468. The van der Waals surface area contributed by atoms with Crippen molar-refractivity contribution in [2.75, 3.05) is 26.7 Å². The van der Waals surface area contributed by atoms with Crippen LogP contribution in [-0.2, 0) is 0 Å². The maximum Gasteiger partial charge on any atom is 0.257 e. The predicted molar refractivity (Wildman–Crippen MR) is 110 cm³/mol. The Morgan fingerprint density at radius 1 is 1.17 bits per heavy atom. The van der Waals surface area contributed by atoms with Crippen LogP contribution in [0.4, 0.5) is 0 Å². The molecule has 0 saturated carbocycles. The van der Waals surface area contributed by atoms with Gasteiger partial charge in [0.2, 0.25) is 5.91 Å². The first-order valence-corrected chi connectivity index (χ1v) is 9.03. The van der Waals surface area contributed by atoms with Crippen LogP contribution in [0.2, 0.25) is 0 Å². The van der Waals surface area contributed by atoms with Crippen LogP contribution in [0.15, 0.2) is 53.1 Å². The highest BCUT2D eigenvalue weighted by Gasteiger charge is 2.25. The summed E-state index contributed by atoms with van der Waals surface area (Å²) >= 11 is 0. The number of nitrogens with one attached hydrogen (secondary N) is 1. The van der Waals surface area contributed by atoms with Crippen LogP contribution >= 0.6 is 12.4 Å². The summed E-state index contributed by atoms with van der Waals surface area (Å²) in [5.74, 6) is 1.97. The lowest BCUT2D eigenvalue weighted by Gasteiger charge is -2.30. The minimum absolute atomic E-state index is 0. The number of nitrogens with two attached hydrogens (primary N) is 1. The van der Waals surface area contributed by atoms with Crippen LogP contribution in [0, 0.1) is 0 Å². The fourth-order valence-corrected chi connectivity index (χ4v) is 3.07. The predicted octanol–water partition coefficient (Wildman–Crippen LogP) is 2.63. The molecule has 152 valence electrons. The highest BCUT2D eigenvalue weighted by atomic mass is 35.5. The van der Waals surface area contributed by atoms with Crippen molar-refractivity contribution in [3.63, 3.8) is 0 Å². The molecule has 0 aliphatic carbocycles. The molecular weight excluding hydrogens is 394 g/mol. The van der Waals surface area contributed by atoms with Gasteiger partial charge < -0.3 is 20.3 Å². The largest absolute Gasteiger partial charge is 0.457 e. The zero-order valence-corrected chi connectivity index (χ0v) is 16.7. The quantitative estimate of drug-likeness (QED) is 0.659. The SMILES string of the molecule is CN1CCNCC1c1noc(-c2ccc(Oc3ccc(C(N)=O)cc3)cc2)n1.Cl. The van der Waals surface area contributed by atoms with Gasteiger partial charge in [0, 0.05) is 30.8 Å². The second kappa shape index (κ2) is 9.04. The van der Waals surface area contributed by atoms with Crippen LogP contribution in [0.1, 0.15) is 22.2 Å². The van der Waals surface area contributed by atoms with Gasteiger partial charge in [0.25, 0.3) is 5.89 Å². The number of primary amides is 1. The Kier molecular flexibility index (Phi) is 6.48. The van der Waals surface area contributed by atoms with Gasteiger partial charge in [-0.3, -0.25) is 9.69 Å². The van der Waals surface area contributed by atoms with E-state index in [2.05, 4.69) is 27.4 Å². The first kappa shape index (κ1) is 20.8. The van der Waals surface area contributed by atoms with Gasteiger partial charge in [-0.2, -0.15) is 4.98 Å². The molecule has 0 radical (unpaired) electrons. The molecule has 1 atom stereocenters. The molecule has 1 aromatic heterocycles. The number of carbonyl (C=O) groups excluding carboxylic acids is 1. The average Bonchev–Trinajstić information content (AvgIpc) is 3.19. The van der Waals surface area contributed by atoms with Gasteiger partial charge in [0.1, 0.15) is 11.5 Å². The summed E-state index contributed by atoms with van der Waals surface area (Å²) in [4.78, 5) is 17.9. The van der Waals surface area contributed by atoms with E-state index in [1.807, 2.05) is 24.3 Å². The maximum absolute atomic E-state index is 11.1. The molecule has 0 spiro atoms. The van der Waals surface area contributed by atoms with Gasteiger partial charge in [-0.05, 0) is 55.6 Å². The van der Waals surface area contributed by atoms with E-state index in [9.17, 15) is 4.79 Å². The topological polar surface area (TPSA) is 107 Å². The number of benzene rings is 2. The normalized spacial score (nSPS) is 16.8. The lowest BCUT2D eigenvalue weighted by Crippen LogP contribution is -2.44. The Labute approximate surface area is 174 Å². The summed E-state index contributed by atoms with van der Waals surface area (Å²) in [5, 5.41) is 7.49. The number of ether oxygens (including phenoxy) is 1. The zero-order valence-electron chi connectivity index (χ0n) is 15.9. The number of carbonyl (C=O) groups is 1. The third-order valence-electron chi connectivity index (χ3n) is 4.73. The van der Waals surface area contributed by atoms with Crippen LogP contribution in [0.5, 0.6) is 11.5 Å². The van der Waals surface area contributed by atoms with Crippen molar-refractivity contribution in [1.82, 2.24) is 20.4 Å². The molecule has 2 heterocycles. The summed E-state index contributed by atoms with van der Waals surface area (Å²) in [5.41, 5.74) is 6.50. The third-order valence-corrected chi connectivity index (χ3v) is 4.73. The molecule has 1 fully saturated rings. The van der Waals surface area contributed by atoms with Gasteiger partial charge in [-0.1, -0.05) is 5.16 Å². The monoisotopic (exact) mass is 415 g/mol. The van der Waals surface area contributed by atoms with Crippen molar-refractivity contribution >= 4 is 18.3 Å². The molecule has 4 rings (SSSR count). The van der Waals surface area contributed by atoms with Gasteiger partial charge in [-0.15, -0.1) is 12.4 Å². The third kappa shape index (κ3) is 4.73. The second-order valence-electron chi connectivity index (χ2n) is 6.67. The summed E-state index contributed by atoms with van der Waals surface area (Å²) in [6.07, 6.45) is 0. The number of amides is 1. The molecule has 0 bridgehead atoms. The van der Waals surface area contributed by atoms with Crippen LogP contribution in [0.3, 0.4) is 0 Å². The fraction of sp³-hybridized carbons (Fsp3) is 0.250. The number of hydrogen-bond donors (Lipinski definition) is 2. The van der Waals surface area contributed by atoms with Gasteiger partial charge in [0.15, 0.2) is 5.82 Å². The van der Waals surface area contributed by atoms with E-state index in [-0.39, 0.29) is 18.4 Å². The highest BCUT2D eigenvalue weighted by molar-refractivity contribution is 5.92. The van der Waals surface area contributed by atoms with Crippen LogP contribution in [0.25, 0.3) is 11.5 Å². The van der Waals surface area contributed by atoms with Gasteiger partial charge >= 0.3 is 0 Å². The number of nitrogens with zero attached hydrogens (tertiary/aromatic N) is 3. The lowest BCUT2D eigenvalue weighted by atomic mass is 10.2. The Morgan fingerprint density at radius 3 is 2.45 bits per heavy atom. The molecule has 3 N–H and O–H groups in total. The fourth-order valence-electron chi connectivity index (χ4n) is 3.07. The van der Waals surface area contributed by atoms with Crippen molar-refractivity contribution < 1.29 is 14.1 Å². The van der Waals surface area contributed by atoms with Crippen molar-refractivity contribution in [1.29, 1.82) is 0 Å². The van der Waals surface area contributed by atoms with Crippen molar-refractivity contribution in [3.8, 4) is 23.0 Å². The van der Waals surface area contributed by atoms with E-state index in [1.54, 1.807) is 24.3 Å². The molecule has 2 aromatic carbocycles. The Bertz CT molecular complexity index is 959. The molecule has 1 aliphatic rings. The molecule has 1 unspecified atom stereocenters. The molecule has 1 saturated heterocycles. The first-order valence-electron chi connectivity index (χ1n) is 9.03. The zero-order chi connectivity index (χ0) is 19.5. The summed E-state index contributed by atoms with van der Waals surface area (Å²) in [6, 6.07) is 14.2. The highest BCUT2D eigenvalue weighted by Crippen LogP contribution is 2.27. The number of halogens is 1. The van der Waals surface area contributed by atoms with Crippen LogP contribution in [-0.4, -0.2) is 47.6 Å². The van der Waals surface area contributed by atoms with E-state index >= 15 is 0 Å². The van der Waals surface area contributed by atoms with E-state index < -0.39 is 5.91 Å². The Morgan fingerprint density at radius 2 is 1.83 bits per heavy atom. The number of likely N-dealkylation sites (N-methyl/N-ethyl adjacent to an activating group) is 1. The lowest BCUT2D eigenvalue weighted by molar-refractivity contribution is 0.100. The van der Waals surface area contributed by atoms with Crippen molar-refractivity contribution in [2.45, 2.75) is 6.04 Å². The Hall–Kier alpha value is -2.94. The average molecular weight is 416 g/mol. The summed E-state index contributed by atoms with van der Waals surface area (Å²) < 4.78 is 11.2. The molecular formula is C20H22ClN5O3. The molecule has 3 aromatic rings. The summed E-state index contributed by atoms with van der Waals surface area (Å²) in [6.45, 7) is 2.71. The summed E-state index contributed by atoms with van der Waals surface area (Å²) in [7, 11) is 2.06. The van der Waals surface area contributed by atoms with Crippen molar-refractivity contribution in [3.05, 3.63) is 59.9 Å². The van der Waals surface area contributed by atoms with E-state index in [0.717, 1.165) is 25.2 Å². The Balaban J connectivity index is 0.00000240. The van der Waals surface area contributed by atoms with E-state index in [1.165, 1.54) is 0 Å². The maximum atomic E-state index is 11.1. The standard InChI is InChI=1S/C20H21N5O3.ClH/c1-25-11-10-22-12-17(25)19-23-20(28-24-19)14-4-8-16(9-5-14)27-15-6-2-13(3-7-15)18(21)26;/h2-9,17,22H,10-12H2,1H3,(H2,21,26);1H. The number of aromatic nitrogens is 2. The number of hydrogen-bond acceptors (Lipinski definition) is 7. The molecule has 1 aliphatic heterocycles. The molecule has 1 amide bonds. The van der Waals surface area contributed by atoms with Crippen LogP contribution < -0.4 is 15.8 Å². The first-order chi connectivity index (χ1) is 13.6. The second-order valence-corrected chi connectivity index (χ2v) is 6.67. The molecule has 29 heavy (non-hydrogen) atoms. The molecule has 8 nitrogen and oxygen atoms in total. The number of piperazine rings is 1.